The van der Waals surface area contributed by atoms with Gasteiger partial charge < -0.3 is 0 Å². The molecule has 5 heteroatoms. The first-order valence-electron chi connectivity index (χ1n) is 5.70. The number of hydrogen-bond acceptors (Lipinski definition) is 3. The van der Waals surface area contributed by atoms with Crippen LogP contribution >= 0.6 is 11.6 Å². The predicted octanol–water partition coefficient (Wildman–Crippen LogP) is 2.90. The van der Waals surface area contributed by atoms with Gasteiger partial charge >= 0.3 is 5.91 Å². The Bertz CT molecular complexity index is 698. The number of aryl methyl sites for hydroxylation is 1. The Morgan fingerprint density at radius 3 is 2.53 bits per heavy atom. The van der Waals surface area contributed by atoms with Crippen LogP contribution in [0.3, 0.4) is 0 Å². The maximum Gasteiger partial charge on any atom is 0.305 e. The molecule has 2 aromatic rings. The molecule has 1 aliphatic rings. The van der Waals surface area contributed by atoms with E-state index in [0.717, 1.165) is 0 Å². The summed E-state index contributed by atoms with van der Waals surface area (Å²) < 4.78 is 0. The van der Waals surface area contributed by atoms with Crippen LogP contribution in [0, 0.1) is 6.92 Å². The molecule has 0 saturated heterocycles. The van der Waals surface area contributed by atoms with Gasteiger partial charge in [0.15, 0.2) is 5.82 Å². The lowest BCUT2D eigenvalue weighted by Crippen LogP contribution is -2.25. The molecule has 94 valence electrons. The van der Waals surface area contributed by atoms with E-state index in [1.54, 1.807) is 37.3 Å². The molecule has 3 rings (SSSR count). The molecule has 0 atom stereocenters. The van der Waals surface area contributed by atoms with Gasteiger partial charge in [-0.15, -0.1) is 0 Å². The maximum atomic E-state index is 12.1. The number of fused-ring (bicyclic) bond motifs is 1. The second-order valence-electron chi connectivity index (χ2n) is 4.27. The number of aromatic nitrogens is 1. The third-order valence-electron chi connectivity index (χ3n) is 3.02. The van der Waals surface area contributed by atoms with Gasteiger partial charge in [-0.1, -0.05) is 29.8 Å². The third kappa shape index (κ3) is 1.72. The number of ketones is 1. The first kappa shape index (κ1) is 11.9. The minimum absolute atomic E-state index is 0.264. The molecular formula is C14H9ClN2O2. The van der Waals surface area contributed by atoms with Gasteiger partial charge in [0, 0.05) is 0 Å². The van der Waals surface area contributed by atoms with E-state index in [9.17, 15) is 9.59 Å². The van der Waals surface area contributed by atoms with Gasteiger partial charge in [0.1, 0.15) is 5.15 Å². The lowest BCUT2D eigenvalue weighted by atomic mass is 10.1. The number of hydrogen-bond donors (Lipinski definition) is 0. The molecule has 0 spiro atoms. The monoisotopic (exact) mass is 272 g/mol. The molecule has 4 nitrogen and oxygen atoms in total. The molecular weight excluding hydrogens is 264 g/mol. The van der Waals surface area contributed by atoms with Crippen LogP contribution in [0.5, 0.6) is 0 Å². The molecule has 0 unspecified atom stereocenters. The molecule has 0 radical (unpaired) electrons. The fourth-order valence-corrected chi connectivity index (χ4v) is 2.42. The van der Waals surface area contributed by atoms with Gasteiger partial charge in [-0.2, -0.15) is 0 Å². The van der Waals surface area contributed by atoms with E-state index in [4.69, 9.17) is 11.6 Å². The van der Waals surface area contributed by atoms with E-state index in [1.807, 2.05) is 6.07 Å². The molecule has 1 aromatic heterocycles. The van der Waals surface area contributed by atoms with Gasteiger partial charge in [0.2, 0.25) is 0 Å². The number of rotatable bonds is 1. The number of pyridine rings is 1. The van der Waals surface area contributed by atoms with E-state index in [2.05, 4.69) is 4.98 Å². The summed E-state index contributed by atoms with van der Waals surface area (Å²) in [6, 6.07) is 10.5. The largest absolute Gasteiger partial charge is 0.305 e. The van der Waals surface area contributed by atoms with Gasteiger partial charge in [-0.3, -0.25) is 14.5 Å². The minimum atomic E-state index is -0.598. The number of benzene rings is 1. The second kappa shape index (κ2) is 4.17. The molecule has 0 aliphatic carbocycles. The van der Waals surface area contributed by atoms with E-state index >= 15 is 0 Å². The van der Waals surface area contributed by atoms with Crippen LogP contribution in [0.25, 0.3) is 0 Å². The summed E-state index contributed by atoms with van der Waals surface area (Å²) in [5.41, 5.74) is 1.60. The van der Waals surface area contributed by atoms with Crippen molar-refractivity contribution in [2.75, 3.05) is 4.90 Å². The summed E-state index contributed by atoms with van der Waals surface area (Å²) in [7, 11) is 0. The van der Waals surface area contributed by atoms with Gasteiger partial charge in [-0.05, 0) is 30.7 Å². The zero-order chi connectivity index (χ0) is 13.6. The quantitative estimate of drug-likeness (QED) is 0.592. The molecule has 1 aliphatic heterocycles. The van der Waals surface area contributed by atoms with Crippen LogP contribution in [0.2, 0.25) is 5.15 Å². The molecule has 0 bridgehead atoms. The molecule has 2 heterocycles. The maximum absolute atomic E-state index is 12.1. The molecule has 0 N–H and O–H groups in total. The zero-order valence-electron chi connectivity index (χ0n) is 10.1. The smallest absolute Gasteiger partial charge is 0.283 e. The highest BCUT2D eigenvalue weighted by atomic mass is 35.5. The van der Waals surface area contributed by atoms with Crippen LogP contribution in [-0.2, 0) is 4.79 Å². The Hall–Kier alpha value is -2.20. The summed E-state index contributed by atoms with van der Waals surface area (Å²) in [5.74, 6) is -0.828. The summed E-state index contributed by atoms with van der Waals surface area (Å²) in [5, 5.41) is 0.264. The lowest BCUT2D eigenvalue weighted by Gasteiger charge is -2.15. The number of amides is 1. The van der Waals surface area contributed by atoms with Crippen molar-refractivity contribution in [3.8, 4) is 0 Å². The van der Waals surface area contributed by atoms with Gasteiger partial charge in [0.05, 0.1) is 11.3 Å². The fraction of sp³-hybridized carbons (Fsp3) is 0.0714. The van der Waals surface area contributed by atoms with Crippen molar-refractivity contribution in [2.45, 2.75) is 6.92 Å². The standard InChI is InChI=1S/C14H9ClN2O2/c1-8-7-10(15)16-13-11(8)12(18)14(19)17(13)9-5-3-2-4-6-9/h2-7H,1H3. The highest BCUT2D eigenvalue weighted by Gasteiger charge is 2.39. The van der Waals surface area contributed by atoms with Crippen molar-refractivity contribution < 1.29 is 9.59 Å². The number of para-hydroxylation sites is 1. The third-order valence-corrected chi connectivity index (χ3v) is 3.21. The van der Waals surface area contributed by atoms with Crippen LogP contribution in [0.1, 0.15) is 15.9 Å². The Labute approximate surface area is 114 Å². The van der Waals surface area contributed by atoms with Crippen LogP contribution in [0.4, 0.5) is 11.5 Å². The molecule has 1 amide bonds. The Balaban J connectivity index is 2.26. The van der Waals surface area contributed by atoms with E-state index < -0.39 is 11.7 Å². The number of Topliss-reactive ketones (excluding diaryl/α,β-unsaturated/α-hetero) is 1. The van der Waals surface area contributed by atoms with E-state index in [0.29, 0.717) is 22.6 Å². The highest BCUT2D eigenvalue weighted by molar-refractivity contribution is 6.53. The average molecular weight is 273 g/mol. The van der Waals surface area contributed by atoms with Crippen molar-refractivity contribution in [2.24, 2.45) is 0 Å². The van der Waals surface area contributed by atoms with E-state index in [1.165, 1.54) is 4.90 Å². The SMILES string of the molecule is Cc1cc(Cl)nc2c1C(=O)C(=O)N2c1ccccc1. The lowest BCUT2D eigenvalue weighted by molar-refractivity contribution is -0.113. The molecule has 1 aromatic carbocycles. The van der Waals surface area contributed by atoms with Crippen LogP contribution in [0.15, 0.2) is 36.4 Å². The van der Waals surface area contributed by atoms with Gasteiger partial charge in [0.25, 0.3) is 5.78 Å². The van der Waals surface area contributed by atoms with Crippen molar-refractivity contribution >= 4 is 34.8 Å². The summed E-state index contributed by atoms with van der Waals surface area (Å²) >= 11 is 5.92. The Kier molecular flexibility index (Phi) is 2.61. The number of nitrogens with zero attached hydrogens (tertiary/aromatic N) is 2. The number of halogens is 1. The Morgan fingerprint density at radius 1 is 1.16 bits per heavy atom. The number of anilines is 2. The summed E-state index contributed by atoms with van der Waals surface area (Å²) in [4.78, 5) is 29.6. The first-order valence-corrected chi connectivity index (χ1v) is 6.08. The normalized spacial score (nSPS) is 13.9. The van der Waals surface area contributed by atoms with Crippen molar-refractivity contribution in [1.29, 1.82) is 0 Å². The summed E-state index contributed by atoms with van der Waals surface area (Å²) in [6.07, 6.45) is 0. The Morgan fingerprint density at radius 2 is 1.84 bits per heavy atom. The van der Waals surface area contributed by atoms with E-state index in [-0.39, 0.29) is 5.15 Å². The molecule has 0 saturated carbocycles. The fourth-order valence-electron chi connectivity index (χ4n) is 2.18. The highest BCUT2D eigenvalue weighted by Crippen LogP contribution is 2.36. The second-order valence-corrected chi connectivity index (χ2v) is 4.65. The topological polar surface area (TPSA) is 50.3 Å². The van der Waals surface area contributed by atoms with Crippen molar-refractivity contribution in [1.82, 2.24) is 4.98 Å². The van der Waals surface area contributed by atoms with Crippen LogP contribution in [-0.4, -0.2) is 16.7 Å². The minimum Gasteiger partial charge on any atom is -0.283 e. The van der Waals surface area contributed by atoms with Crippen molar-refractivity contribution in [3.05, 3.63) is 52.7 Å². The molecule has 19 heavy (non-hydrogen) atoms. The number of carbonyl (C=O) groups excluding carboxylic acids is 2. The summed E-state index contributed by atoms with van der Waals surface area (Å²) in [6.45, 7) is 1.74. The average Bonchev–Trinajstić information content (AvgIpc) is 2.63. The van der Waals surface area contributed by atoms with Crippen LogP contribution < -0.4 is 4.90 Å². The molecule has 0 fully saturated rings. The van der Waals surface area contributed by atoms with Crippen molar-refractivity contribution in [3.63, 3.8) is 0 Å². The van der Waals surface area contributed by atoms with Gasteiger partial charge in [-0.25, -0.2) is 4.98 Å². The number of carbonyl (C=O) groups is 2. The predicted molar refractivity (Wildman–Crippen MR) is 71.9 cm³/mol. The first-order chi connectivity index (χ1) is 9.09. The zero-order valence-corrected chi connectivity index (χ0v) is 10.8.